The molecule has 1 N–H and O–H groups in total. The molecule has 0 saturated heterocycles. The predicted octanol–water partition coefficient (Wildman–Crippen LogP) is 4.27. The zero-order chi connectivity index (χ0) is 14.3. The summed E-state index contributed by atoms with van der Waals surface area (Å²) in [6.45, 7) is 0. The van der Waals surface area contributed by atoms with Gasteiger partial charge in [0, 0.05) is 10.9 Å². The third-order valence-corrected chi connectivity index (χ3v) is 3.68. The average molecular weight is 298 g/mol. The Labute approximate surface area is 114 Å². The molecule has 0 atom stereocenters. The fourth-order valence-corrected chi connectivity index (χ4v) is 2.68. The first-order valence-electron chi connectivity index (χ1n) is 5.52. The van der Waals surface area contributed by atoms with Gasteiger partial charge in [-0.15, -0.1) is 0 Å². The summed E-state index contributed by atoms with van der Waals surface area (Å²) in [5.41, 5.74) is 0.755. The number of hydrogen-bond donors (Lipinski definition) is 1. The van der Waals surface area contributed by atoms with E-state index in [1.54, 1.807) is 30.3 Å². The second kappa shape index (κ2) is 4.82. The van der Waals surface area contributed by atoms with E-state index in [4.69, 9.17) is 0 Å². The molecule has 3 aromatic rings. The van der Waals surface area contributed by atoms with E-state index in [0.29, 0.717) is 16.8 Å². The highest BCUT2D eigenvalue weighted by atomic mass is 32.2. The number of fused-ring (bicyclic) bond motifs is 1. The zero-order valence-corrected chi connectivity index (χ0v) is 10.6. The van der Waals surface area contributed by atoms with Crippen LogP contribution in [-0.4, -0.2) is 9.97 Å². The second-order valence-electron chi connectivity index (χ2n) is 3.97. The molecule has 20 heavy (non-hydrogen) atoms. The molecule has 0 spiro atoms. The minimum absolute atomic E-state index is 0.369. The summed E-state index contributed by atoms with van der Waals surface area (Å²) < 4.78 is 53.0. The number of aromatic nitrogens is 2. The highest BCUT2D eigenvalue weighted by molar-refractivity contribution is 7.99. The van der Waals surface area contributed by atoms with Crippen LogP contribution in [0, 0.1) is 23.5 Å². The monoisotopic (exact) mass is 298 g/mol. The molecule has 2 heterocycles. The van der Waals surface area contributed by atoms with Gasteiger partial charge >= 0.3 is 0 Å². The summed E-state index contributed by atoms with van der Waals surface area (Å²) in [5, 5.41) is 1.19. The molecule has 0 fully saturated rings. The Morgan fingerprint density at radius 1 is 0.950 bits per heavy atom. The van der Waals surface area contributed by atoms with E-state index < -0.39 is 28.4 Å². The van der Waals surface area contributed by atoms with E-state index in [2.05, 4.69) is 9.97 Å². The maximum atomic E-state index is 13.5. The fraction of sp³-hybridized carbons (Fsp3) is 0. The first-order chi connectivity index (χ1) is 9.56. The molecule has 2 nitrogen and oxygen atoms in total. The molecule has 0 bridgehead atoms. The number of hydrogen-bond acceptors (Lipinski definition) is 2. The Hall–Kier alpha value is -2.02. The average Bonchev–Trinajstić information content (AvgIpc) is 2.84. The van der Waals surface area contributed by atoms with Crippen molar-refractivity contribution in [2.45, 2.75) is 9.92 Å². The van der Waals surface area contributed by atoms with Crippen molar-refractivity contribution in [2.75, 3.05) is 0 Å². The molecule has 2 aromatic heterocycles. The molecule has 0 aliphatic heterocycles. The SMILES string of the molecule is Fc1nc(F)c(F)c(Sc2cc3ccccc3[nH]2)c1F. The maximum absolute atomic E-state index is 13.5. The summed E-state index contributed by atoms with van der Waals surface area (Å²) in [6, 6.07) is 8.81. The number of H-pyrrole nitrogens is 1. The van der Waals surface area contributed by atoms with Crippen LogP contribution < -0.4 is 0 Å². The maximum Gasteiger partial charge on any atom is 0.252 e. The van der Waals surface area contributed by atoms with Gasteiger partial charge in [-0.25, -0.2) is 8.78 Å². The second-order valence-corrected chi connectivity index (χ2v) is 5.03. The van der Waals surface area contributed by atoms with Crippen molar-refractivity contribution in [2.24, 2.45) is 0 Å². The topological polar surface area (TPSA) is 28.7 Å². The minimum Gasteiger partial charge on any atom is -0.349 e. The first kappa shape index (κ1) is 13.0. The lowest BCUT2D eigenvalue weighted by molar-refractivity contribution is 0.383. The summed E-state index contributed by atoms with van der Waals surface area (Å²) in [4.78, 5) is 4.65. The fourth-order valence-electron chi connectivity index (χ4n) is 1.77. The van der Waals surface area contributed by atoms with Crippen LogP contribution in [0.4, 0.5) is 17.6 Å². The van der Waals surface area contributed by atoms with Gasteiger partial charge in [-0.05, 0) is 12.1 Å². The lowest BCUT2D eigenvalue weighted by Crippen LogP contribution is -2.01. The highest BCUT2D eigenvalue weighted by Crippen LogP contribution is 2.34. The van der Waals surface area contributed by atoms with Gasteiger partial charge in [-0.1, -0.05) is 30.0 Å². The Bertz CT molecular complexity index is 741. The molecular weight excluding hydrogens is 292 g/mol. The number of nitrogens with one attached hydrogen (secondary N) is 1. The molecule has 0 amide bonds. The van der Waals surface area contributed by atoms with Crippen LogP contribution in [0.15, 0.2) is 40.3 Å². The number of nitrogens with zero attached hydrogens (tertiary/aromatic N) is 1. The molecule has 1 aromatic carbocycles. The van der Waals surface area contributed by atoms with Crippen molar-refractivity contribution in [3.05, 3.63) is 53.9 Å². The van der Waals surface area contributed by atoms with Crippen LogP contribution in [-0.2, 0) is 0 Å². The van der Waals surface area contributed by atoms with Crippen LogP contribution in [0.5, 0.6) is 0 Å². The molecule has 102 valence electrons. The van der Waals surface area contributed by atoms with Gasteiger partial charge in [0.15, 0.2) is 11.6 Å². The number of aromatic amines is 1. The van der Waals surface area contributed by atoms with Crippen LogP contribution in [0.2, 0.25) is 0 Å². The number of pyridine rings is 1. The van der Waals surface area contributed by atoms with E-state index >= 15 is 0 Å². The summed E-state index contributed by atoms with van der Waals surface area (Å²) >= 11 is 0.569. The molecule has 0 radical (unpaired) electrons. The van der Waals surface area contributed by atoms with Gasteiger partial charge < -0.3 is 4.98 Å². The first-order valence-corrected chi connectivity index (χ1v) is 6.33. The van der Waals surface area contributed by atoms with E-state index in [0.717, 1.165) is 10.9 Å². The number of benzene rings is 1. The van der Waals surface area contributed by atoms with Gasteiger partial charge in [-0.3, -0.25) is 0 Å². The van der Waals surface area contributed by atoms with Gasteiger partial charge in [-0.2, -0.15) is 13.8 Å². The van der Waals surface area contributed by atoms with Crippen molar-refractivity contribution in [1.82, 2.24) is 9.97 Å². The lowest BCUT2D eigenvalue weighted by Gasteiger charge is -2.04. The number of halogens is 4. The van der Waals surface area contributed by atoms with E-state index in [1.807, 2.05) is 0 Å². The standard InChI is InChI=1S/C13H6F4N2S/c14-9-11(10(15)13(17)19-12(9)16)20-8-5-6-3-1-2-4-7(6)18-8/h1-5,18H. The van der Waals surface area contributed by atoms with Gasteiger partial charge in [0.25, 0.3) is 11.9 Å². The summed E-state index contributed by atoms with van der Waals surface area (Å²) in [5.74, 6) is -6.34. The molecule has 0 saturated carbocycles. The third kappa shape index (κ3) is 2.14. The summed E-state index contributed by atoms with van der Waals surface area (Å²) in [7, 11) is 0. The highest BCUT2D eigenvalue weighted by Gasteiger charge is 2.22. The van der Waals surface area contributed by atoms with Crippen molar-refractivity contribution >= 4 is 22.7 Å². The predicted molar refractivity (Wildman–Crippen MR) is 66.5 cm³/mol. The summed E-state index contributed by atoms with van der Waals surface area (Å²) in [6.07, 6.45) is 0. The smallest absolute Gasteiger partial charge is 0.252 e. The molecular formula is C13H6F4N2S. The molecule has 3 rings (SSSR count). The van der Waals surface area contributed by atoms with Crippen molar-refractivity contribution in [3.8, 4) is 0 Å². The number of rotatable bonds is 2. The molecule has 0 aliphatic carbocycles. The third-order valence-electron chi connectivity index (χ3n) is 2.67. The quantitative estimate of drug-likeness (QED) is 0.565. The van der Waals surface area contributed by atoms with Crippen LogP contribution in [0.25, 0.3) is 10.9 Å². The zero-order valence-electron chi connectivity index (χ0n) is 9.75. The van der Waals surface area contributed by atoms with Gasteiger partial charge in [0.1, 0.15) is 0 Å². The molecule has 0 aliphatic rings. The molecule has 7 heteroatoms. The minimum atomic E-state index is -1.66. The van der Waals surface area contributed by atoms with E-state index in [1.165, 1.54) is 0 Å². The van der Waals surface area contributed by atoms with E-state index in [9.17, 15) is 17.6 Å². The van der Waals surface area contributed by atoms with Gasteiger partial charge in [0.05, 0.1) is 9.92 Å². The molecule has 0 unspecified atom stereocenters. The lowest BCUT2D eigenvalue weighted by atomic mass is 10.3. The Kier molecular flexibility index (Phi) is 3.13. The van der Waals surface area contributed by atoms with Crippen LogP contribution >= 0.6 is 11.8 Å². The van der Waals surface area contributed by atoms with E-state index in [-0.39, 0.29) is 0 Å². The van der Waals surface area contributed by atoms with Crippen LogP contribution in [0.1, 0.15) is 0 Å². The van der Waals surface area contributed by atoms with Crippen molar-refractivity contribution in [3.63, 3.8) is 0 Å². The van der Waals surface area contributed by atoms with Crippen LogP contribution in [0.3, 0.4) is 0 Å². The largest absolute Gasteiger partial charge is 0.349 e. The van der Waals surface area contributed by atoms with Crippen molar-refractivity contribution < 1.29 is 17.6 Å². The Morgan fingerprint density at radius 2 is 1.60 bits per heavy atom. The normalized spacial score (nSPS) is 11.2. The number of para-hydroxylation sites is 1. The van der Waals surface area contributed by atoms with Gasteiger partial charge in [0.2, 0.25) is 0 Å². The Balaban J connectivity index is 2.07. The Morgan fingerprint density at radius 3 is 2.25 bits per heavy atom. The van der Waals surface area contributed by atoms with Crippen molar-refractivity contribution in [1.29, 1.82) is 0 Å².